The summed E-state index contributed by atoms with van der Waals surface area (Å²) in [6.07, 6.45) is -4.99. The monoisotopic (exact) mass is 586 g/mol. The van der Waals surface area contributed by atoms with Crippen LogP contribution < -0.4 is 15.4 Å². The largest absolute Gasteiger partial charge is 0.483 e. The zero-order chi connectivity index (χ0) is 31.3. The van der Waals surface area contributed by atoms with E-state index < -0.39 is 65.5 Å². The maximum absolute atomic E-state index is 13.6. The van der Waals surface area contributed by atoms with E-state index in [1.165, 1.54) is 9.80 Å². The molecule has 1 saturated heterocycles. The SMILES string of the molecule is CCC[C@@H](NC(=O)c1ccc(C(F)(F)F)cc1OCC(=O)NC(C)(C)C)C(=O)N1C[C@@H](O)C[C@@H]1C(=O)N(C)C(C)C. The van der Waals surface area contributed by atoms with Crippen LogP contribution >= 0.6 is 0 Å². The normalized spacial score (nSPS) is 18.2. The highest BCUT2D eigenvalue weighted by Crippen LogP contribution is 2.33. The molecule has 0 aromatic heterocycles. The predicted molar refractivity (Wildman–Crippen MR) is 145 cm³/mol. The van der Waals surface area contributed by atoms with Gasteiger partial charge in [-0.2, -0.15) is 13.2 Å². The first-order valence-corrected chi connectivity index (χ1v) is 13.6. The number of amides is 4. The summed E-state index contributed by atoms with van der Waals surface area (Å²) < 4.78 is 45.6. The molecule has 0 aliphatic carbocycles. The molecule has 1 heterocycles. The number of rotatable bonds is 10. The van der Waals surface area contributed by atoms with E-state index in [2.05, 4.69) is 10.6 Å². The van der Waals surface area contributed by atoms with Crippen molar-refractivity contribution in [2.24, 2.45) is 0 Å². The van der Waals surface area contributed by atoms with E-state index in [-0.39, 0.29) is 36.9 Å². The summed E-state index contributed by atoms with van der Waals surface area (Å²) in [6, 6.07) is 0.0622. The van der Waals surface area contributed by atoms with Crippen LogP contribution in [0.25, 0.3) is 0 Å². The molecule has 0 bridgehead atoms. The third kappa shape index (κ3) is 9.34. The molecule has 0 spiro atoms. The van der Waals surface area contributed by atoms with E-state index >= 15 is 0 Å². The Balaban J connectivity index is 2.34. The molecule has 1 aliphatic heterocycles. The fourth-order valence-electron chi connectivity index (χ4n) is 4.37. The molecule has 0 unspecified atom stereocenters. The average Bonchev–Trinajstić information content (AvgIpc) is 3.25. The second-order valence-electron chi connectivity index (χ2n) is 11.5. The van der Waals surface area contributed by atoms with E-state index in [0.717, 1.165) is 6.07 Å². The quantitative estimate of drug-likeness (QED) is 0.387. The zero-order valence-corrected chi connectivity index (χ0v) is 24.6. The lowest BCUT2D eigenvalue weighted by molar-refractivity contribution is -0.145. The molecule has 3 atom stereocenters. The van der Waals surface area contributed by atoms with Crippen molar-refractivity contribution in [3.8, 4) is 5.75 Å². The minimum absolute atomic E-state index is 0.0436. The second kappa shape index (κ2) is 13.5. The number of aliphatic hydroxyl groups excluding tert-OH is 1. The molecule has 41 heavy (non-hydrogen) atoms. The number of β-amino-alcohol motifs (C(OH)–C–C–N with tert-alkyl or cyclic N) is 1. The smallest absolute Gasteiger partial charge is 0.416 e. The number of nitrogens with zero attached hydrogens (tertiary/aromatic N) is 2. The summed E-state index contributed by atoms with van der Waals surface area (Å²) in [5.41, 5.74) is -2.00. The van der Waals surface area contributed by atoms with Gasteiger partial charge in [0.15, 0.2) is 6.61 Å². The molecule has 1 aromatic rings. The Hall–Kier alpha value is -3.35. The first kappa shape index (κ1) is 33.9. The van der Waals surface area contributed by atoms with E-state index in [0.29, 0.717) is 18.6 Å². The number of hydrogen-bond donors (Lipinski definition) is 3. The van der Waals surface area contributed by atoms with Crippen molar-refractivity contribution in [2.45, 2.75) is 96.7 Å². The third-order valence-corrected chi connectivity index (χ3v) is 6.58. The van der Waals surface area contributed by atoms with Crippen molar-refractivity contribution in [2.75, 3.05) is 20.2 Å². The van der Waals surface area contributed by atoms with Crippen LogP contribution in [0, 0.1) is 0 Å². The van der Waals surface area contributed by atoms with Crippen molar-refractivity contribution >= 4 is 23.6 Å². The highest BCUT2D eigenvalue weighted by Gasteiger charge is 2.43. The van der Waals surface area contributed by atoms with Crippen LogP contribution in [0.2, 0.25) is 0 Å². The number of benzene rings is 1. The number of carbonyl (C=O) groups is 4. The molecule has 1 aromatic carbocycles. The van der Waals surface area contributed by atoms with Crippen LogP contribution in [-0.4, -0.2) is 88.5 Å². The maximum Gasteiger partial charge on any atom is 0.416 e. The standard InChI is InChI=1S/C28H41F3N4O6/c1-8-9-20(25(39)35-14-18(36)13-21(35)26(40)34(7)16(2)3)32-24(38)19-11-10-17(28(29,30)31)12-22(19)41-15-23(37)33-27(4,5)6/h10-12,16,18,20-21,36H,8-9,13-15H2,1-7H3,(H,32,38)(H,33,37)/t18-,20+,21+/m0/s1. The molecule has 1 aliphatic rings. The van der Waals surface area contributed by atoms with Gasteiger partial charge in [0.05, 0.1) is 17.2 Å². The molecular formula is C28H41F3N4O6. The lowest BCUT2D eigenvalue weighted by Crippen LogP contribution is -2.54. The number of nitrogens with one attached hydrogen (secondary N) is 2. The van der Waals surface area contributed by atoms with Crippen LogP contribution in [-0.2, 0) is 20.6 Å². The van der Waals surface area contributed by atoms with E-state index in [1.54, 1.807) is 34.7 Å². The van der Waals surface area contributed by atoms with Gasteiger partial charge in [0.25, 0.3) is 11.8 Å². The highest BCUT2D eigenvalue weighted by atomic mass is 19.4. The highest BCUT2D eigenvalue weighted by molar-refractivity contribution is 6.00. The Bertz CT molecular complexity index is 1120. The molecule has 13 heteroatoms. The molecule has 3 N–H and O–H groups in total. The van der Waals surface area contributed by atoms with E-state index in [1.807, 2.05) is 13.8 Å². The molecule has 1 fully saturated rings. The Morgan fingerprint density at radius 1 is 1.17 bits per heavy atom. The van der Waals surface area contributed by atoms with E-state index in [9.17, 15) is 37.5 Å². The Morgan fingerprint density at radius 2 is 1.80 bits per heavy atom. The van der Waals surface area contributed by atoms with Gasteiger partial charge in [-0.1, -0.05) is 13.3 Å². The summed E-state index contributed by atoms with van der Waals surface area (Å²) >= 11 is 0. The summed E-state index contributed by atoms with van der Waals surface area (Å²) in [5, 5.41) is 15.5. The van der Waals surface area contributed by atoms with Crippen molar-refractivity contribution < 1.29 is 42.2 Å². The molecule has 2 rings (SSSR count). The first-order chi connectivity index (χ1) is 18.9. The van der Waals surface area contributed by atoms with Crippen LogP contribution in [0.15, 0.2) is 18.2 Å². The van der Waals surface area contributed by atoms with Gasteiger partial charge in [0, 0.05) is 31.6 Å². The van der Waals surface area contributed by atoms with Crippen molar-refractivity contribution in [1.29, 1.82) is 0 Å². The van der Waals surface area contributed by atoms with Crippen LogP contribution in [0.4, 0.5) is 13.2 Å². The fraction of sp³-hybridized carbons (Fsp3) is 0.643. The van der Waals surface area contributed by atoms with Crippen molar-refractivity contribution in [1.82, 2.24) is 20.4 Å². The molecule has 10 nitrogen and oxygen atoms in total. The van der Waals surface area contributed by atoms with Gasteiger partial charge in [-0.05, 0) is 59.2 Å². The van der Waals surface area contributed by atoms with Crippen molar-refractivity contribution in [3.63, 3.8) is 0 Å². The van der Waals surface area contributed by atoms with Crippen molar-refractivity contribution in [3.05, 3.63) is 29.3 Å². The Labute approximate surface area is 238 Å². The van der Waals surface area contributed by atoms with E-state index in [4.69, 9.17) is 4.74 Å². The van der Waals surface area contributed by atoms with Crippen LogP contribution in [0.3, 0.4) is 0 Å². The Kier molecular flexibility index (Phi) is 11.2. The third-order valence-electron chi connectivity index (χ3n) is 6.58. The first-order valence-electron chi connectivity index (χ1n) is 13.6. The van der Waals surface area contributed by atoms with Crippen LogP contribution in [0.5, 0.6) is 5.75 Å². The van der Waals surface area contributed by atoms with Gasteiger partial charge < -0.3 is 30.3 Å². The van der Waals surface area contributed by atoms with Gasteiger partial charge in [0.2, 0.25) is 11.8 Å². The fourth-order valence-corrected chi connectivity index (χ4v) is 4.37. The molecular weight excluding hydrogens is 545 g/mol. The number of likely N-dealkylation sites (tertiary alicyclic amines) is 1. The topological polar surface area (TPSA) is 128 Å². The number of likely N-dealkylation sites (N-methyl/N-ethyl adjacent to an activating group) is 1. The number of halogens is 3. The lowest BCUT2D eigenvalue weighted by atomic mass is 10.1. The molecule has 0 radical (unpaired) electrons. The van der Waals surface area contributed by atoms with Crippen LogP contribution in [0.1, 0.15) is 76.7 Å². The Morgan fingerprint density at radius 3 is 2.34 bits per heavy atom. The summed E-state index contributed by atoms with van der Waals surface area (Å²) in [4.78, 5) is 54.9. The number of ether oxygens (including phenoxy) is 1. The summed E-state index contributed by atoms with van der Waals surface area (Å²) in [7, 11) is 1.60. The van der Waals surface area contributed by atoms with Gasteiger partial charge in [0.1, 0.15) is 17.8 Å². The predicted octanol–water partition coefficient (Wildman–Crippen LogP) is 2.73. The number of alkyl halides is 3. The minimum Gasteiger partial charge on any atom is -0.483 e. The second-order valence-corrected chi connectivity index (χ2v) is 11.5. The zero-order valence-electron chi connectivity index (χ0n) is 24.6. The van der Waals surface area contributed by atoms with Gasteiger partial charge in [-0.15, -0.1) is 0 Å². The van der Waals surface area contributed by atoms with Gasteiger partial charge in [-0.25, -0.2) is 0 Å². The van der Waals surface area contributed by atoms with Gasteiger partial charge in [-0.3, -0.25) is 19.2 Å². The number of hydrogen-bond acceptors (Lipinski definition) is 6. The minimum atomic E-state index is -4.73. The molecule has 4 amide bonds. The number of aliphatic hydroxyl groups is 1. The summed E-state index contributed by atoms with van der Waals surface area (Å²) in [5.74, 6) is -2.91. The van der Waals surface area contributed by atoms with Gasteiger partial charge >= 0.3 is 6.18 Å². The average molecular weight is 587 g/mol. The summed E-state index contributed by atoms with van der Waals surface area (Å²) in [6.45, 7) is 9.81. The maximum atomic E-state index is 13.6. The molecule has 230 valence electrons. The molecule has 0 saturated carbocycles. The number of carbonyl (C=O) groups excluding carboxylic acids is 4. The lowest BCUT2D eigenvalue weighted by Gasteiger charge is -2.32.